The smallest absolute Gasteiger partial charge is 0.179 e. The maximum absolute atomic E-state index is 11.3. The molecule has 2 heteroatoms. The highest BCUT2D eigenvalue weighted by molar-refractivity contribution is 6.02. The molecular weight excluding hydrogens is 248 g/mol. The van der Waals surface area contributed by atoms with Crippen molar-refractivity contribution in [1.82, 2.24) is 0 Å². The van der Waals surface area contributed by atoms with E-state index < -0.39 is 6.10 Å². The van der Waals surface area contributed by atoms with Crippen LogP contribution in [0.4, 0.5) is 0 Å². The van der Waals surface area contributed by atoms with E-state index in [1.54, 1.807) is 6.26 Å². The van der Waals surface area contributed by atoms with Gasteiger partial charge in [0.25, 0.3) is 0 Å². The Balaban J connectivity index is 2.21. The maximum Gasteiger partial charge on any atom is 0.179 e. The zero-order valence-electron chi connectivity index (χ0n) is 10.9. The SMILES string of the molecule is O=CC1OC=CC(c2ccccc2)=C1c1ccccc1. The van der Waals surface area contributed by atoms with Crippen molar-refractivity contribution in [2.24, 2.45) is 0 Å². The fourth-order valence-electron chi connectivity index (χ4n) is 2.41. The van der Waals surface area contributed by atoms with E-state index >= 15 is 0 Å². The lowest BCUT2D eigenvalue weighted by Crippen LogP contribution is -2.18. The summed E-state index contributed by atoms with van der Waals surface area (Å²) < 4.78 is 5.44. The highest BCUT2D eigenvalue weighted by atomic mass is 16.5. The Morgan fingerprint density at radius 1 is 0.850 bits per heavy atom. The van der Waals surface area contributed by atoms with E-state index in [9.17, 15) is 4.79 Å². The van der Waals surface area contributed by atoms with Crippen molar-refractivity contribution in [2.45, 2.75) is 6.10 Å². The van der Waals surface area contributed by atoms with Gasteiger partial charge in [0.2, 0.25) is 0 Å². The summed E-state index contributed by atoms with van der Waals surface area (Å²) in [5.74, 6) is 0. The lowest BCUT2D eigenvalue weighted by atomic mass is 9.90. The van der Waals surface area contributed by atoms with Crippen molar-refractivity contribution in [1.29, 1.82) is 0 Å². The second kappa shape index (κ2) is 5.57. The summed E-state index contributed by atoms with van der Waals surface area (Å²) in [7, 11) is 0. The first-order valence-corrected chi connectivity index (χ1v) is 6.52. The molecule has 0 amide bonds. The molecule has 1 heterocycles. The molecule has 0 bridgehead atoms. The van der Waals surface area contributed by atoms with Crippen LogP contribution >= 0.6 is 0 Å². The Morgan fingerprint density at radius 3 is 2.05 bits per heavy atom. The molecule has 0 N–H and O–H groups in total. The number of hydrogen-bond acceptors (Lipinski definition) is 2. The third-order valence-corrected chi connectivity index (χ3v) is 3.33. The van der Waals surface area contributed by atoms with Gasteiger partial charge in [-0.2, -0.15) is 0 Å². The summed E-state index contributed by atoms with van der Waals surface area (Å²) in [6.45, 7) is 0. The second-order valence-electron chi connectivity index (χ2n) is 4.55. The fraction of sp³-hybridized carbons (Fsp3) is 0.0556. The van der Waals surface area contributed by atoms with Crippen LogP contribution in [0.5, 0.6) is 0 Å². The molecule has 2 aromatic rings. The average Bonchev–Trinajstić information content (AvgIpc) is 2.55. The number of allylic oxidation sites excluding steroid dienone is 2. The molecule has 1 unspecified atom stereocenters. The van der Waals surface area contributed by atoms with E-state index in [1.165, 1.54) is 0 Å². The minimum absolute atomic E-state index is 0.558. The van der Waals surface area contributed by atoms with E-state index in [0.717, 1.165) is 28.6 Å². The lowest BCUT2D eigenvalue weighted by molar-refractivity contribution is -0.112. The molecule has 0 fully saturated rings. The Hall–Kier alpha value is -2.61. The molecule has 2 nitrogen and oxygen atoms in total. The molecule has 0 radical (unpaired) electrons. The van der Waals surface area contributed by atoms with E-state index in [2.05, 4.69) is 0 Å². The fourth-order valence-corrected chi connectivity index (χ4v) is 2.41. The third-order valence-electron chi connectivity index (χ3n) is 3.33. The summed E-state index contributed by atoms with van der Waals surface area (Å²) in [5, 5.41) is 0. The van der Waals surface area contributed by atoms with Gasteiger partial charge in [0.05, 0.1) is 6.26 Å². The molecule has 98 valence electrons. The van der Waals surface area contributed by atoms with E-state index in [1.807, 2.05) is 66.7 Å². The van der Waals surface area contributed by atoms with Crippen molar-refractivity contribution in [3.05, 3.63) is 84.1 Å². The van der Waals surface area contributed by atoms with Gasteiger partial charge >= 0.3 is 0 Å². The normalized spacial score (nSPS) is 17.7. The first-order valence-electron chi connectivity index (χ1n) is 6.52. The van der Waals surface area contributed by atoms with Gasteiger partial charge in [-0.05, 0) is 22.8 Å². The van der Waals surface area contributed by atoms with Crippen molar-refractivity contribution in [3.8, 4) is 0 Å². The number of rotatable bonds is 3. The summed E-state index contributed by atoms with van der Waals surface area (Å²) in [5.41, 5.74) is 4.03. The lowest BCUT2D eigenvalue weighted by Gasteiger charge is -2.22. The third kappa shape index (κ3) is 2.28. The minimum atomic E-state index is -0.558. The molecule has 1 aliphatic heterocycles. The van der Waals surface area contributed by atoms with Gasteiger partial charge in [0.1, 0.15) is 0 Å². The molecule has 0 aromatic heterocycles. The summed E-state index contributed by atoms with van der Waals surface area (Å²) in [4.78, 5) is 11.3. The van der Waals surface area contributed by atoms with Gasteiger partial charge in [0.15, 0.2) is 12.4 Å². The largest absolute Gasteiger partial charge is 0.486 e. The van der Waals surface area contributed by atoms with Crippen LogP contribution in [-0.2, 0) is 9.53 Å². The van der Waals surface area contributed by atoms with Gasteiger partial charge in [-0.1, -0.05) is 60.7 Å². The van der Waals surface area contributed by atoms with Crippen molar-refractivity contribution in [2.75, 3.05) is 0 Å². The van der Waals surface area contributed by atoms with E-state index in [0.29, 0.717) is 0 Å². The van der Waals surface area contributed by atoms with E-state index in [4.69, 9.17) is 4.74 Å². The quantitative estimate of drug-likeness (QED) is 0.788. The molecule has 0 saturated carbocycles. The Bertz CT molecular complexity index is 654. The Morgan fingerprint density at radius 2 is 1.45 bits per heavy atom. The highest BCUT2D eigenvalue weighted by Gasteiger charge is 2.23. The summed E-state index contributed by atoms with van der Waals surface area (Å²) >= 11 is 0. The van der Waals surface area contributed by atoms with Crippen molar-refractivity contribution >= 4 is 17.4 Å². The van der Waals surface area contributed by atoms with Crippen molar-refractivity contribution in [3.63, 3.8) is 0 Å². The minimum Gasteiger partial charge on any atom is -0.486 e. The molecule has 0 saturated heterocycles. The zero-order chi connectivity index (χ0) is 13.8. The standard InChI is InChI=1S/C18H14O2/c19-13-17-18(15-9-5-2-6-10-15)16(11-12-20-17)14-7-3-1-4-8-14/h1-13,17H. The van der Waals surface area contributed by atoms with Crippen LogP contribution in [0, 0.1) is 0 Å². The molecule has 20 heavy (non-hydrogen) atoms. The number of carbonyl (C=O) groups excluding carboxylic acids is 1. The van der Waals surface area contributed by atoms with Crippen molar-refractivity contribution < 1.29 is 9.53 Å². The predicted octanol–water partition coefficient (Wildman–Crippen LogP) is 3.71. The van der Waals surface area contributed by atoms with Gasteiger partial charge in [-0.25, -0.2) is 0 Å². The molecular formula is C18H14O2. The number of aldehydes is 1. The van der Waals surface area contributed by atoms with Crippen LogP contribution in [-0.4, -0.2) is 12.4 Å². The molecule has 0 aliphatic carbocycles. The van der Waals surface area contributed by atoms with Crippen LogP contribution in [0.25, 0.3) is 11.1 Å². The number of hydrogen-bond donors (Lipinski definition) is 0. The Labute approximate surface area is 118 Å². The molecule has 1 atom stereocenters. The zero-order valence-corrected chi connectivity index (χ0v) is 10.9. The van der Waals surface area contributed by atoms with Crippen LogP contribution in [0.3, 0.4) is 0 Å². The maximum atomic E-state index is 11.3. The predicted molar refractivity (Wildman–Crippen MR) is 79.8 cm³/mol. The van der Waals surface area contributed by atoms with Gasteiger partial charge < -0.3 is 4.74 Å². The summed E-state index contributed by atoms with van der Waals surface area (Å²) in [6.07, 6.45) is 3.79. The first-order chi connectivity index (χ1) is 9.90. The highest BCUT2D eigenvalue weighted by Crippen LogP contribution is 2.33. The van der Waals surface area contributed by atoms with Crippen LogP contribution in [0.15, 0.2) is 73.0 Å². The first kappa shape index (κ1) is 12.4. The van der Waals surface area contributed by atoms with Gasteiger partial charge in [-0.15, -0.1) is 0 Å². The second-order valence-corrected chi connectivity index (χ2v) is 4.55. The Kier molecular flexibility index (Phi) is 3.46. The monoisotopic (exact) mass is 262 g/mol. The molecule has 0 spiro atoms. The van der Waals surface area contributed by atoms with Gasteiger partial charge in [0, 0.05) is 5.57 Å². The number of ether oxygens (including phenoxy) is 1. The van der Waals surface area contributed by atoms with Crippen LogP contribution < -0.4 is 0 Å². The molecule has 3 rings (SSSR count). The molecule has 1 aliphatic rings. The average molecular weight is 262 g/mol. The van der Waals surface area contributed by atoms with Crippen LogP contribution in [0.2, 0.25) is 0 Å². The number of benzene rings is 2. The van der Waals surface area contributed by atoms with E-state index in [-0.39, 0.29) is 0 Å². The topological polar surface area (TPSA) is 26.3 Å². The molecule has 2 aromatic carbocycles. The van der Waals surface area contributed by atoms with Gasteiger partial charge in [-0.3, -0.25) is 4.79 Å². The van der Waals surface area contributed by atoms with Crippen LogP contribution in [0.1, 0.15) is 11.1 Å². The number of carbonyl (C=O) groups is 1. The summed E-state index contributed by atoms with van der Waals surface area (Å²) in [6, 6.07) is 19.9.